The van der Waals surface area contributed by atoms with Crippen molar-refractivity contribution in [2.45, 2.75) is 25.3 Å². The van der Waals surface area contributed by atoms with E-state index in [-0.39, 0.29) is 12.0 Å². The third kappa shape index (κ3) is 4.39. The molecule has 1 atom stereocenters. The fourth-order valence-electron chi connectivity index (χ4n) is 1.39. The van der Waals surface area contributed by atoms with Crippen LogP contribution >= 0.6 is 27.3 Å². The molecule has 96 valence electrons. The van der Waals surface area contributed by atoms with Gasteiger partial charge in [0.2, 0.25) is 0 Å². The first-order valence-electron chi connectivity index (χ1n) is 5.28. The minimum Gasteiger partial charge on any atom is -0.480 e. The van der Waals surface area contributed by atoms with Crippen LogP contribution in [-0.2, 0) is 10.2 Å². The molecule has 0 aliphatic rings. The van der Waals surface area contributed by atoms with E-state index in [9.17, 15) is 4.79 Å². The highest BCUT2D eigenvalue weighted by Gasteiger charge is 2.22. The highest BCUT2D eigenvalue weighted by Crippen LogP contribution is 2.32. The molecule has 0 saturated carbocycles. The summed E-state index contributed by atoms with van der Waals surface area (Å²) in [6, 6.07) is 3.25. The van der Waals surface area contributed by atoms with E-state index < -0.39 is 12.0 Å². The molecule has 0 spiro atoms. The van der Waals surface area contributed by atoms with Gasteiger partial charge in [0.1, 0.15) is 6.04 Å². The van der Waals surface area contributed by atoms with Crippen molar-refractivity contribution in [1.82, 2.24) is 5.32 Å². The number of carboxylic acid groups (broad SMARTS) is 1. The highest BCUT2D eigenvalue weighted by molar-refractivity contribution is 9.11. The number of nitrogens with two attached hydrogens (primary N) is 1. The predicted molar refractivity (Wildman–Crippen MR) is 73.5 cm³/mol. The van der Waals surface area contributed by atoms with Gasteiger partial charge in [0.05, 0.1) is 3.79 Å². The zero-order chi connectivity index (χ0) is 13.1. The monoisotopic (exact) mass is 320 g/mol. The molecule has 4 nitrogen and oxygen atoms in total. The molecule has 6 heteroatoms. The first kappa shape index (κ1) is 14.6. The Bertz CT molecular complexity index is 393. The standard InChI is InChI=1S/C11H17BrN2O2S/c1-11(2,8-3-4-9(12)17-8)6-14-5-7(13)10(15)16/h3-4,7,14H,5-6,13H2,1-2H3,(H,15,16). The summed E-state index contributed by atoms with van der Waals surface area (Å²) in [7, 11) is 0. The molecule has 0 aliphatic heterocycles. The normalized spacial score (nSPS) is 13.6. The Kier molecular flexibility index (Phi) is 5.12. The largest absolute Gasteiger partial charge is 0.480 e. The number of halogens is 1. The van der Waals surface area contributed by atoms with Crippen LogP contribution in [-0.4, -0.2) is 30.2 Å². The summed E-state index contributed by atoms with van der Waals surface area (Å²) >= 11 is 5.12. The van der Waals surface area contributed by atoms with E-state index in [4.69, 9.17) is 10.8 Å². The highest BCUT2D eigenvalue weighted by atomic mass is 79.9. The zero-order valence-electron chi connectivity index (χ0n) is 9.87. The van der Waals surface area contributed by atoms with Gasteiger partial charge in [-0.3, -0.25) is 4.79 Å². The van der Waals surface area contributed by atoms with Crippen molar-refractivity contribution in [3.05, 3.63) is 20.8 Å². The molecule has 0 radical (unpaired) electrons. The van der Waals surface area contributed by atoms with E-state index in [0.29, 0.717) is 6.54 Å². The summed E-state index contributed by atoms with van der Waals surface area (Å²) in [5, 5.41) is 11.8. The maximum absolute atomic E-state index is 10.6. The average Bonchev–Trinajstić information content (AvgIpc) is 2.65. The lowest BCUT2D eigenvalue weighted by molar-refractivity contribution is -0.138. The van der Waals surface area contributed by atoms with Crippen LogP contribution < -0.4 is 11.1 Å². The van der Waals surface area contributed by atoms with Crippen molar-refractivity contribution in [1.29, 1.82) is 0 Å². The van der Waals surface area contributed by atoms with Crippen molar-refractivity contribution in [2.24, 2.45) is 5.73 Å². The fraction of sp³-hybridized carbons (Fsp3) is 0.545. The lowest BCUT2D eigenvalue weighted by Gasteiger charge is -2.24. The molecule has 0 bridgehead atoms. The first-order chi connectivity index (χ1) is 7.83. The molecule has 1 heterocycles. The van der Waals surface area contributed by atoms with Crippen molar-refractivity contribution in [3.63, 3.8) is 0 Å². The van der Waals surface area contributed by atoms with E-state index in [1.807, 2.05) is 6.07 Å². The number of thiophene rings is 1. The van der Waals surface area contributed by atoms with Gasteiger partial charge in [0.25, 0.3) is 0 Å². The Hall–Kier alpha value is -0.430. The number of rotatable bonds is 6. The van der Waals surface area contributed by atoms with Crippen molar-refractivity contribution in [3.8, 4) is 0 Å². The number of nitrogens with one attached hydrogen (secondary N) is 1. The Morgan fingerprint density at radius 2 is 2.29 bits per heavy atom. The Morgan fingerprint density at radius 3 is 2.76 bits per heavy atom. The minimum absolute atomic E-state index is 0.0328. The first-order valence-corrected chi connectivity index (χ1v) is 6.89. The number of hydrogen-bond donors (Lipinski definition) is 3. The van der Waals surface area contributed by atoms with Gasteiger partial charge >= 0.3 is 5.97 Å². The third-order valence-electron chi connectivity index (χ3n) is 2.49. The molecule has 0 amide bonds. The van der Waals surface area contributed by atoms with Crippen LogP contribution in [0.3, 0.4) is 0 Å². The Balaban J connectivity index is 2.48. The lowest BCUT2D eigenvalue weighted by atomic mass is 9.91. The van der Waals surface area contributed by atoms with Crippen LogP contribution in [0.15, 0.2) is 15.9 Å². The zero-order valence-corrected chi connectivity index (χ0v) is 12.3. The smallest absolute Gasteiger partial charge is 0.321 e. The molecule has 0 aromatic carbocycles. The molecule has 0 saturated heterocycles. The summed E-state index contributed by atoms with van der Waals surface area (Å²) in [5.41, 5.74) is 5.39. The molecule has 1 rings (SSSR count). The topological polar surface area (TPSA) is 75.3 Å². The Morgan fingerprint density at radius 1 is 1.65 bits per heavy atom. The fourth-order valence-corrected chi connectivity index (χ4v) is 2.88. The molecule has 1 aromatic rings. The SMILES string of the molecule is CC(C)(CNCC(N)C(=O)O)c1ccc(Br)s1. The second-order valence-electron chi connectivity index (χ2n) is 4.56. The van der Waals surface area contributed by atoms with Crippen LogP contribution in [0.5, 0.6) is 0 Å². The molecule has 0 fully saturated rings. The quantitative estimate of drug-likeness (QED) is 0.747. The van der Waals surface area contributed by atoms with Crippen LogP contribution in [0.2, 0.25) is 0 Å². The maximum atomic E-state index is 10.6. The second-order valence-corrected chi connectivity index (χ2v) is 7.03. The predicted octanol–water partition coefficient (Wildman–Crippen LogP) is 1.79. The summed E-state index contributed by atoms with van der Waals surface area (Å²) in [5.74, 6) is -0.978. The molecule has 1 aromatic heterocycles. The van der Waals surface area contributed by atoms with E-state index in [0.717, 1.165) is 3.79 Å². The minimum atomic E-state index is -0.978. The van der Waals surface area contributed by atoms with Gasteiger partial charge in [0, 0.05) is 23.4 Å². The van der Waals surface area contributed by atoms with Crippen molar-refractivity contribution in [2.75, 3.05) is 13.1 Å². The third-order valence-corrected chi connectivity index (χ3v) is 4.48. The van der Waals surface area contributed by atoms with Gasteiger partial charge < -0.3 is 16.2 Å². The molecular formula is C11H17BrN2O2S. The van der Waals surface area contributed by atoms with Crippen LogP contribution in [0.4, 0.5) is 0 Å². The van der Waals surface area contributed by atoms with Crippen LogP contribution in [0.25, 0.3) is 0 Å². The van der Waals surface area contributed by atoms with E-state index in [1.165, 1.54) is 4.88 Å². The number of hydrogen-bond acceptors (Lipinski definition) is 4. The van der Waals surface area contributed by atoms with Gasteiger partial charge in [-0.15, -0.1) is 11.3 Å². The van der Waals surface area contributed by atoms with Gasteiger partial charge in [-0.05, 0) is 28.1 Å². The lowest BCUT2D eigenvalue weighted by Crippen LogP contribution is -2.43. The second kappa shape index (κ2) is 5.95. The molecule has 0 aliphatic carbocycles. The van der Waals surface area contributed by atoms with Gasteiger partial charge in [0.15, 0.2) is 0 Å². The molecule has 4 N–H and O–H groups in total. The molecule has 17 heavy (non-hydrogen) atoms. The van der Waals surface area contributed by atoms with Crippen molar-refractivity contribution < 1.29 is 9.90 Å². The van der Waals surface area contributed by atoms with E-state index >= 15 is 0 Å². The number of aliphatic carboxylic acids is 1. The maximum Gasteiger partial charge on any atom is 0.321 e. The summed E-state index contributed by atoms with van der Waals surface area (Å²) < 4.78 is 1.10. The molecular weight excluding hydrogens is 304 g/mol. The molecule has 1 unspecified atom stereocenters. The van der Waals surface area contributed by atoms with E-state index in [2.05, 4.69) is 41.2 Å². The number of carboxylic acids is 1. The van der Waals surface area contributed by atoms with Gasteiger partial charge in [-0.1, -0.05) is 13.8 Å². The Labute approximate surface area is 113 Å². The summed E-state index contributed by atoms with van der Waals surface area (Å²) in [4.78, 5) is 11.8. The van der Waals surface area contributed by atoms with Crippen LogP contribution in [0, 0.1) is 0 Å². The van der Waals surface area contributed by atoms with Crippen LogP contribution in [0.1, 0.15) is 18.7 Å². The van der Waals surface area contributed by atoms with Crippen molar-refractivity contribution >= 4 is 33.2 Å². The summed E-state index contributed by atoms with van der Waals surface area (Å²) in [6.07, 6.45) is 0. The van der Waals surface area contributed by atoms with Gasteiger partial charge in [-0.2, -0.15) is 0 Å². The van der Waals surface area contributed by atoms with E-state index in [1.54, 1.807) is 11.3 Å². The van der Waals surface area contributed by atoms with Gasteiger partial charge in [-0.25, -0.2) is 0 Å². The number of carbonyl (C=O) groups is 1. The summed E-state index contributed by atoms with van der Waals surface area (Å²) in [6.45, 7) is 5.21. The average molecular weight is 321 g/mol.